The van der Waals surface area contributed by atoms with Crippen LogP contribution in [0.2, 0.25) is 0 Å². The van der Waals surface area contributed by atoms with Crippen LogP contribution in [0.1, 0.15) is 5.56 Å². The Morgan fingerprint density at radius 1 is 1.30 bits per heavy atom. The van der Waals surface area contributed by atoms with Gasteiger partial charge in [0.25, 0.3) is 0 Å². The maximum absolute atomic E-state index is 5.78. The van der Waals surface area contributed by atoms with Gasteiger partial charge in [0.15, 0.2) is 5.17 Å². The number of anilines is 1. The SMILES string of the molecule is CSC(=NCc1ccccc1)NNC(=S)n1nc(SC)nc1N. The van der Waals surface area contributed by atoms with Crippen molar-refractivity contribution >= 4 is 52.0 Å². The van der Waals surface area contributed by atoms with Crippen LogP contribution in [-0.4, -0.2) is 37.6 Å². The summed E-state index contributed by atoms with van der Waals surface area (Å²) in [6.07, 6.45) is 3.80. The third kappa shape index (κ3) is 5.12. The van der Waals surface area contributed by atoms with Crippen LogP contribution in [0.5, 0.6) is 0 Å². The molecule has 23 heavy (non-hydrogen) atoms. The summed E-state index contributed by atoms with van der Waals surface area (Å²) < 4.78 is 1.36. The summed E-state index contributed by atoms with van der Waals surface area (Å²) in [6, 6.07) is 10.0. The van der Waals surface area contributed by atoms with Gasteiger partial charge in [0.1, 0.15) is 0 Å². The van der Waals surface area contributed by atoms with Gasteiger partial charge < -0.3 is 5.73 Å². The average Bonchev–Trinajstić information content (AvgIpc) is 2.97. The van der Waals surface area contributed by atoms with E-state index < -0.39 is 0 Å². The number of hydrazine groups is 1. The lowest BCUT2D eigenvalue weighted by molar-refractivity contribution is 0.795. The molecule has 1 aromatic carbocycles. The number of rotatable bonds is 3. The zero-order valence-corrected chi connectivity index (χ0v) is 15.1. The summed E-state index contributed by atoms with van der Waals surface area (Å²) in [5.74, 6) is 0.237. The first-order chi connectivity index (χ1) is 11.1. The fraction of sp³-hybridized carbons (Fsp3) is 0.231. The van der Waals surface area contributed by atoms with E-state index in [2.05, 4.69) is 25.9 Å². The van der Waals surface area contributed by atoms with Crippen LogP contribution in [0.3, 0.4) is 0 Å². The van der Waals surface area contributed by atoms with E-state index >= 15 is 0 Å². The van der Waals surface area contributed by atoms with Crippen LogP contribution in [0.15, 0.2) is 40.5 Å². The summed E-state index contributed by atoms with van der Waals surface area (Å²) in [5, 5.41) is 5.75. The van der Waals surface area contributed by atoms with Crippen LogP contribution in [-0.2, 0) is 6.54 Å². The van der Waals surface area contributed by atoms with E-state index in [-0.39, 0.29) is 5.95 Å². The van der Waals surface area contributed by atoms with Crippen molar-refractivity contribution in [2.75, 3.05) is 18.2 Å². The molecule has 1 heterocycles. The van der Waals surface area contributed by atoms with E-state index in [9.17, 15) is 0 Å². The molecule has 1 aromatic heterocycles. The number of nitrogens with two attached hydrogens (primary N) is 1. The number of nitrogen functional groups attached to an aromatic ring is 1. The Morgan fingerprint density at radius 3 is 2.65 bits per heavy atom. The molecule has 0 saturated heterocycles. The lowest BCUT2D eigenvalue weighted by atomic mass is 10.2. The van der Waals surface area contributed by atoms with E-state index in [1.165, 1.54) is 28.2 Å². The highest BCUT2D eigenvalue weighted by atomic mass is 32.2. The molecule has 0 aliphatic rings. The second-order valence-electron chi connectivity index (χ2n) is 4.23. The van der Waals surface area contributed by atoms with E-state index in [1.807, 2.05) is 42.8 Å². The molecule has 0 bridgehead atoms. The van der Waals surface area contributed by atoms with E-state index in [0.29, 0.717) is 22.0 Å². The standard InChI is InChI=1S/C13H17N7S3/c1-22-11(15-8-9-6-4-3-5-7-9)17-18-13(21)20-10(14)16-12(19-20)23-2/h3-7H,8H2,1-2H3,(H,15,17)(H,18,21)(H2,14,16,19). The van der Waals surface area contributed by atoms with Crippen molar-refractivity contribution in [1.82, 2.24) is 25.6 Å². The molecule has 0 radical (unpaired) electrons. The zero-order valence-electron chi connectivity index (χ0n) is 12.7. The monoisotopic (exact) mass is 367 g/mol. The van der Waals surface area contributed by atoms with Gasteiger partial charge in [0, 0.05) is 0 Å². The van der Waals surface area contributed by atoms with Crippen molar-refractivity contribution in [2.24, 2.45) is 4.99 Å². The Balaban J connectivity index is 1.94. The van der Waals surface area contributed by atoms with Gasteiger partial charge in [-0.1, -0.05) is 53.9 Å². The van der Waals surface area contributed by atoms with Crippen LogP contribution in [0.25, 0.3) is 0 Å². The van der Waals surface area contributed by atoms with E-state index in [0.717, 1.165) is 5.56 Å². The fourth-order valence-corrected chi connectivity index (χ4v) is 2.48. The quantitative estimate of drug-likeness (QED) is 0.248. The van der Waals surface area contributed by atoms with Gasteiger partial charge >= 0.3 is 0 Å². The highest BCUT2D eigenvalue weighted by molar-refractivity contribution is 8.13. The number of thioether (sulfide) groups is 2. The first-order valence-corrected chi connectivity index (χ1v) is 9.45. The number of thiocarbonyl (C=S) groups is 1. The lowest BCUT2D eigenvalue weighted by Gasteiger charge is -2.11. The van der Waals surface area contributed by atoms with Crippen molar-refractivity contribution in [1.29, 1.82) is 0 Å². The topological polar surface area (TPSA) is 93.1 Å². The molecule has 0 fully saturated rings. The number of benzene rings is 1. The van der Waals surface area contributed by atoms with Gasteiger partial charge in [-0.15, -0.1) is 5.10 Å². The number of aromatic nitrogens is 3. The van der Waals surface area contributed by atoms with Crippen molar-refractivity contribution in [3.8, 4) is 0 Å². The molecule has 0 atom stereocenters. The average molecular weight is 368 g/mol. The molecule has 0 aliphatic carbocycles. The first-order valence-electron chi connectivity index (χ1n) is 6.59. The van der Waals surface area contributed by atoms with Crippen LogP contribution < -0.4 is 16.6 Å². The predicted octanol–water partition coefficient (Wildman–Crippen LogP) is 1.73. The maximum atomic E-state index is 5.78. The van der Waals surface area contributed by atoms with Crippen LogP contribution >= 0.6 is 35.7 Å². The summed E-state index contributed by atoms with van der Waals surface area (Å²) in [6.45, 7) is 0.584. The van der Waals surface area contributed by atoms with Gasteiger partial charge in [-0.3, -0.25) is 15.8 Å². The second-order valence-corrected chi connectivity index (χ2v) is 6.19. The number of hydrogen-bond donors (Lipinski definition) is 3. The minimum Gasteiger partial charge on any atom is -0.368 e. The van der Waals surface area contributed by atoms with Gasteiger partial charge in [-0.2, -0.15) is 9.67 Å². The first kappa shape index (κ1) is 17.6. The lowest BCUT2D eigenvalue weighted by Crippen LogP contribution is -2.43. The summed E-state index contributed by atoms with van der Waals surface area (Å²) >= 11 is 8.12. The predicted molar refractivity (Wildman–Crippen MR) is 102 cm³/mol. The van der Waals surface area contributed by atoms with E-state index in [4.69, 9.17) is 18.0 Å². The molecule has 0 spiro atoms. The van der Waals surface area contributed by atoms with Gasteiger partial charge in [-0.25, -0.2) is 0 Å². The minimum absolute atomic E-state index is 0.237. The van der Waals surface area contributed by atoms with E-state index in [1.54, 1.807) is 0 Å². The summed E-state index contributed by atoms with van der Waals surface area (Å²) in [7, 11) is 0. The molecule has 0 saturated carbocycles. The molecule has 10 heteroatoms. The van der Waals surface area contributed by atoms with Gasteiger partial charge in [0.2, 0.25) is 16.2 Å². The zero-order chi connectivity index (χ0) is 16.7. The Kier molecular flexibility index (Phi) is 6.68. The smallest absolute Gasteiger partial charge is 0.226 e. The number of amidine groups is 1. The molecule has 2 aromatic rings. The number of nitrogens with zero attached hydrogens (tertiary/aromatic N) is 4. The van der Waals surface area contributed by atoms with Crippen LogP contribution in [0, 0.1) is 0 Å². The summed E-state index contributed by atoms with van der Waals surface area (Å²) in [5.41, 5.74) is 12.7. The molecular weight excluding hydrogens is 350 g/mol. The molecule has 2 rings (SSSR count). The molecule has 4 N–H and O–H groups in total. The third-order valence-corrected chi connectivity index (χ3v) is 4.14. The third-order valence-electron chi connectivity index (χ3n) is 2.71. The van der Waals surface area contributed by atoms with Crippen molar-refractivity contribution in [3.05, 3.63) is 35.9 Å². The van der Waals surface area contributed by atoms with Gasteiger partial charge in [0.05, 0.1) is 6.54 Å². The minimum atomic E-state index is 0.237. The molecule has 7 nitrogen and oxygen atoms in total. The molecule has 0 amide bonds. The van der Waals surface area contributed by atoms with Gasteiger partial charge in [-0.05, 0) is 30.3 Å². The Morgan fingerprint density at radius 2 is 2.04 bits per heavy atom. The van der Waals surface area contributed by atoms with Crippen molar-refractivity contribution in [3.63, 3.8) is 0 Å². The number of aliphatic imine (C=N–C) groups is 1. The highest BCUT2D eigenvalue weighted by Crippen LogP contribution is 2.10. The largest absolute Gasteiger partial charge is 0.368 e. The normalized spacial score (nSPS) is 11.3. The molecule has 0 aliphatic heterocycles. The molecular formula is C13H17N7S3. The Labute approximate surface area is 148 Å². The Bertz CT molecular complexity index is 684. The molecule has 122 valence electrons. The maximum Gasteiger partial charge on any atom is 0.226 e. The number of nitrogens with one attached hydrogen (secondary N) is 2. The Hall–Kier alpha value is -1.78. The van der Waals surface area contributed by atoms with Crippen molar-refractivity contribution < 1.29 is 0 Å². The van der Waals surface area contributed by atoms with Crippen molar-refractivity contribution in [2.45, 2.75) is 11.7 Å². The molecule has 0 unspecified atom stereocenters. The highest BCUT2D eigenvalue weighted by Gasteiger charge is 2.10. The fourth-order valence-electron chi connectivity index (χ4n) is 1.60. The summed E-state index contributed by atoms with van der Waals surface area (Å²) in [4.78, 5) is 8.56. The van der Waals surface area contributed by atoms with Crippen LogP contribution in [0.4, 0.5) is 5.95 Å². The number of hydrogen-bond acceptors (Lipinski definition) is 7. The second kappa shape index (κ2) is 8.75.